The zero-order valence-electron chi connectivity index (χ0n) is 12.4. The minimum atomic E-state index is 0.535. The van der Waals surface area contributed by atoms with Crippen LogP contribution in [0.5, 0.6) is 5.88 Å². The van der Waals surface area contributed by atoms with E-state index in [4.69, 9.17) is 4.74 Å². The maximum Gasteiger partial charge on any atom is 0.258 e. The van der Waals surface area contributed by atoms with Crippen LogP contribution in [0.2, 0.25) is 0 Å². The van der Waals surface area contributed by atoms with Crippen molar-refractivity contribution < 1.29 is 4.74 Å². The van der Waals surface area contributed by atoms with Crippen molar-refractivity contribution in [2.45, 2.75) is 6.54 Å². The van der Waals surface area contributed by atoms with E-state index in [9.17, 15) is 0 Å². The maximum absolute atomic E-state index is 5.24. The number of benzene rings is 1. The first kappa shape index (κ1) is 13.6. The molecule has 0 amide bonds. The molecule has 0 N–H and O–H groups in total. The van der Waals surface area contributed by atoms with Crippen molar-refractivity contribution in [1.82, 2.24) is 19.3 Å². The molecule has 0 saturated carbocycles. The van der Waals surface area contributed by atoms with Gasteiger partial charge in [0.25, 0.3) is 5.88 Å². The molecule has 3 rings (SSSR count). The zero-order valence-corrected chi connectivity index (χ0v) is 12.4. The van der Waals surface area contributed by atoms with Crippen LogP contribution in [0.1, 0.15) is 5.56 Å². The fourth-order valence-electron chi connectivity index (χ4n) is 2.40. The van der Waals surface area contributed by atoms with Crippen molar-refractivity contribution in [2.75, 3.05) is 21.2 Å². The van der Waals surface area contributed by atoms with Crippen LogP contribution in [-0.4, -0.2) is 40.5 Å². The van der Waals surface area contributed by atoms with Gasteiger partial charge in [-0.2, -0.15) is 0 Å². The number of hydrogen-bond acceptors (Lipinski definition) is 4. The predicted molar refractivity (Wildman–Crippen MR) is 82.4 cm³/mol. The van der Waals surface area contributed by atoms with Gasteiger partial charge in [0.1, 0.15) is 0 Å². The number of ether oxygens (including phenoxy) is 1. The van der Waals surface area contributed by atoms with E-state index in [1.807, 2.05) is 16.8 Å². The Bertz CT molecular complexity index is 747. The number of aromatic nitrogens is 3. The van der Waals surface area contributed by atoms with Gasteiger partial charge in [-0.15, -0.1) is 0 Å². The van der Waals surface area contributed by atoms with E-state index in [1.54, 1.807) is 13.3 Å². The molecule has 0 aliphatic rings. The molecule has 2 aromatic heterocycles. The van der Waals surface area contributed by atoms with Gasteiger partial charge in [0.15, 0.2) is 0 Å². The van der Waals surface area contributed by atoms with Crippen LogP contribution in [0, 0.1) is 0 Å². The lowest BCUT2D eigenvalue weighted by atomic mass is 10.1. The molecule has 0 atom stereocenters. The zero-order chi connectivity index (χ0) is 14.8. The molecule has 0 spiro atoms. The molecule has 5 heteroatoms. The summed E-state index contributed by atoms with van der Waals surface area (Å²) < 4.78 is 7.23. The molecule has 1 aromatic carbocycles. The Morgan fingerprint density at radius 1 is 1.14 bits per heavy atom. The van der Waals surface area contributed by atoms with E-state index < -0.39 is 0 Å². The maximum atomic E-state index is 5.24. The smallest absolute Gasteiger partial charge is 0.258 e. The topological polar surface area (TPSA) is 42.7 Å². The van der Waals surface area contributed by atoms with Crippen LogP contribution >= 0.6 is 0 Å². The molecule has 0 aliphatic carbocycles. The third-order valence-corrected chi connectivity index (χ3v) is 3.34. The van der Waals surface area contributed by atoms with Gasteiger partial charge >= 0.3 is 0 Å². The summed E-state index contributed by atoms with van der Waals surface area (Å²) in [7, 11) is 5.74. The van der Waals surface area contributed by atoms with Gasteiger partial charge in [-0.3, -0.25) is 4.40 Å². The van der Waals surface area contributed by atoms with E-state index in [0.717, 1.165) is 23.4 Å². The van der Waals surface area contributed by atoms with Crippen molar-refractivity contribution in [1.29, 1.82) is 0 Å². The van der Waals surface area contributed by atoms with E-state index >= 15 is 0 Å². The van der Waals surface area contributed by atoms with Gasteiger partial charge in [0.05, 0.1) is 19.0 Å². The van der Waals surface area contributed by atoms with E-state index in [2.05, 4.69) is 53.2 Å². The molecule has 0 saturated heterocycles. The fraction of sp³-hybridized carbons (Fsp3) is 0.250. The molecule has 2 heterocycles. The molecular formula is C16H18N4O. The van der Waals surface area contributed by atoms with Crippen LogP contribution in [0.3, 0.4) is 0 Å². The van der Waals surface area contributed by atoms with Crippen LogP contribution < -0.4 is 4.74 Å². The highest BCUT2D eigenvalue weighted by molar-refractivity contribution is 5.65. The summed E-state index contributed by atoms with van der Waals surface area (Å²) in [4.78, 5) is 10.7. The van der Waals surface area contributed by atoms with Crippen LogP contribution in [-0.2, 0) is 6.54 Å². The van der Waals surface area contributed by atoms with Crippen LogP contribution in [0.25, 0.3) is 16.9 Å². The lowest BCUT2D eigenvalue weighted by molar-refractivity contribution is 0.400. The Morgan fingerprint density at radius 3 is 2.57 bits per heavy atom. The molecule has 21 heavy (non-hydrogen) atoms. The third kappa shape index (κ3) is 2.60. The van der Waals surface area contributed by atoms with Crippen molar-refractivity contribution >= 4 is 5.65 Å². The van der Waals surface area contributed by atoms with Crippen molar-refractivity contribution in [3.63, 3.8) is 0 Å². The Morgan fingerprint density at radius 2 is 1.90 bits per heavy atom. The first-order valence-corrected chi connectivity index (χ1v) is 6.79. The third-order valence-electron chi connectivity index (χ3n) is 3.34. The quantitative estimate of drug-likeness (QED) is 0.737. The molecule has 0 radical (unpaired) electrons. The number of fused-ring (bicyclic) bond motifs is 1. The van der Waals surface area contributed by atoms with Crippen molar-refractivity contribution in [3.05, 3.63) is 48.4 Å². The van der Waals surface area contributed by atoms with Gasteiger partial charge in [-0.1, -0.05) is 24.3 Å². The summed E-state index contributed by atoms with van der Waals surface area (Å²) in [5, 5.41) is 0. The highest BCUT2D eigenvalue weighted by atomic mass is 16.5. The molecule has 3 aromatic rings. The standard InChI is InChI=1S/C16H18N4O/c1-19(2)11-12-4-6-13(7-5-12)14-10-18-15-16(21-3)17-8-9-20(14)15/h4-10H,11H2,1-3H3. The highest BCUT2D eigenvalue weighted by Gasteiger charge is 2.10. The average Bonchev–Trinajstić information content (AvgIpc) is 2.91. The SMILES string of the molecule is COc1nccn2c(-c3ccc(CN(C)C)cc3)cnc12. The summed E-state index contributed by atoms with van der Waals surface area (Å²) in [6, 6.07) is 8.53. The van der Waals surface area contributed by atoms with E-state index in [-0.39, 0.29) is 0 Å². The minimum absolute atomic E-state index is 0.535. The van der Waals surface area contributed by atoms with Gasteiger partial charge in [0.2, 0.25) is 5.65 Å². The highest BCUT2D eigenvalue weighted by Crippen LogP contribution is 2.24. The van der Waals surface area contributed by atoms with Gasteiger partial charge in [-0.05, 0) is 19.7 Å². The van der Waals surface area contributed by atoms with Crippen LogP contribution in [0.4, 0.5) is 0 Å². The first-order valence-electron chi connectivity index (χ1n) is 6.79. The Kier molecular flexibility index (Phi) is 3.58. The Hall–Kier alpha value is -2.40. The molecule has 108 valence electrons. The van der Waals surface area contributed by atoms with Crippen molar-refractivity contribution in [2.24, 2.45) is 0 Å². The second kappa shape index (κ2) is 5.54. The summed E-state index contributed by atoms with van der Waals surface area (Å²) >= 11 is 0. The summed E-state index contributed by atoms with van der Waals surface area (Å²) in [5.74, 6) is 0.535. The number of hydrogen-bond donors (Lipinski definition) is 0. The summed E-state index contributed by atoms with van der Waals surface area (Å²) in [5.41, 5.74) is 4.17. The fourth-order valence-corrected chi connectivity index (χ4v) is 2.40. The monoisotopic (exact) mass is 282 g/mol. The number of imidazole rings is 1. The molecule has 0 fully saturated rings. The largest absolute Gasteiger partial charge is 0.478 e. The molecule has 5 nitrogen and oxygen atoms in total. The van der Waals surface area contributed by atoms with Gasteiger partial charge in [-0.25, -0.2) is 9.97 Å². The second-order valence-electron chi connectivity index (χ2n) is 5.21. The lowest BCUT2D eigenvalue weighted by Crippen LogP contribution is -2.10. The molecular weight excluding hydrogens is 264 g/mol. The number of nitrogens with zero attached hydrogens (tertiary/aromatic N) is 4. The van der Waals surface area contributed by atoms with Gasteiger partial charge < -0.3 is 9.64 Å². The number of rotatable bonds is 4. The molecule has 0 unspecified atom stereocenters. The normalized spacial score (nSPS) is 11.2. The summed E-state index contributed by atoms with van der Waals surface area (Å²) in [6.45, 7) is 0.936. The minimum Gasteiger partial charge on any atom is -0.478 e. The van der Waals surface area contributed by atoms with E-state index in [0.29, 0.717) is 5.88 Å². The van der Waals surface area contributed by atoms with Crippen molar-refractivity contribution in [3.8, 4) is 17.1 Å². The molecule has 0 aliphatic heterocycles. The molecule has 0 bridgehead atoms. The average molecular weight is 282 g/mol. The van der Waals surface area contributed by atoms with Crippen LogP contribution in [0.15, 0.2) is 42.9 Å². The van der Waals surface area contributed by atoms with E-state index in [1.165, 1.54) is 5.56 Å². The van der Waals surface area contributed by atoms with Gasteiger partial charge in [0, 0.05) is 24.5 Å². The Balaban J connectivity index is 2.01. The summed E-state index contributed by atoms with van der Waals surface area (Å²) in [6.07, 6.45) is 5.46. The first-order chi connectivity index (χ1) is 10.2. The lowest BCUT2D eigenvalue weighted by Gasteiger charge is -2.10. The predicted octanol–water partition coefficient (Wildman–Crippen LogP) is 2.47. The second-order valence-corrected chi connectivity index (χ2v) is 5.21. The Labute approximate surface area is 123 Å². The number of methoxy groups -OCH3 is 1.